The molecule has 32 heavy (non-hydrogen) atoms. The van der Waals surface area contributed by atoms with E-state index in [1.54, 1.807) is 4.90 Å². The van der Waals surface area contributed by atoms with Crippen molar-refractivity contribution in [1.82, 2.24) is 20.2 Å². The van der Waals surface area contributed by atoms with Crippen molar-refractivity contribution in [3.63, 3.8) is 0 Å². The monoisotopic (exact) mass is 461 g/mol. The summed E-state index contributed by atoms with van der Waals surface area (Å²) < 4.78 is 19.6. The summed E-state index contributed by atoms with van der Waals surface area (Å²) in [6.45, 7) is 2.82. The molecule has 0 aromatic heterocycles. The molecule has 3 aliphatic heterocycles. The number of ether oxygens (including phenoxy) is 1. The predicted octanol–water partition coefficient (Wildman–Crippen LogP) is 2.92. The number of hydrazine groups is 1. The van der Waals surface area contributed by atoms with Gasteiger partial charge < -0.3 is 14.5 Å². The molecule has 0 radical (unpaired) electrons. The highest BCUT2D eigenvalue weighted by atomic mass is 32.2. The first-order valence-corrected chi connectivity index (χ1v) is 11.7. The lowest BCUT2D eigenvalue weighted by Gasteiger charge is -2.34. The third kappa shape index (κ3) is 5.31. The van der Waals surface area contributed by atoms with E-state index in [2.05, 4.69) is 15.3 Å². The van der Waals surface area contributed by atoms with Gasteiger partial charge in [0.2, 0.25) is 0 Å². The molecule has 0 unspecified atom stereocenters. The van der Waals surface area contributed by atoms with E-state index in [0.29, 0.717) is 34.8 Å². The van der Waals surface area contributed by atoms with Gasteiger partial charge in [-0.2, -0.15) is 4.99 Å². The summed E-state index contributed by atoms with van der Waals surface area (Å²) in [7, 11) is 4.07. The van der Waals surface area contributed by atoms with E-state index in [-0.39, 0.29) is 11.7 Å². The third-order valence-corrected chi connectivity index (χ3v) is 6.87. The SMILES string of the molecule is CN(C)C1CCN(C(=O)Oc2ccc(F)cc2/C=C2\SC(N3CCCCN3)=NC2=O)CC1. The summed E-state index contributed by atoms with van der Waals surface area (Å²) in [5.74, 6) is -0.640. The predicted molar refractivity (Wildman–Crippen MR) is 123 cm³/mol. The van der Waals surface area contributed by atoms with Gasteiger partial charge in [0.1, 0.15) is 11.6 Å². The number of nitrogens with zero attached hydrogens (tertiary/aromatic N) is 4. The number of carbonyl (C=O) groups is 2. The molecule has 3 heterocycles. The van der Waals surface area contributed by atoms with Gasteiger partial charge in [0.15, 0.2) is 5.17 Å². The minimum atomic E-state index is -0.474. The van der Waals surface area contributed by atoms with Crippen molar-refractivity contribution in [2.75, 3.05) is 40.3 Å². The molecule has 2 amide bonds. The van der Waals surface area contributed by atoms with Gasteiger partial charge in [0.05, 0.1) is 4.91 Å². The Morgan fingerprint density at radius 3 is 2.75 bits per heavy atom. The van der Waals surface area contributed by atoms with E-state index >= 15 is 0 Å². The lowest BCUT2D eigenvalue weighted by atomic mass is 10.0. The Hall–Kier alpha value is -2.43. The van der Waals surface area contributed by atoms with Gasteiger partial charge in [-0.25, -0.2) is 14.6 Å². The van der Waals surface area contributed by atoms with Gasteiger partial charge in [-0.1, -0.05) is 0 Å². The van der Waals surface area contributed by atoms with Crippen LogP contribution in [0.3, 0.4) is 0 Å². The number of aliphatic imine (C=N–C) groups is 1. The standard InChI is InChI=1S/C22H28FN5O3S/c1-26(2)17-7-11-27(12-8-17)22(30)31-18-6-5-16(23)13-15(18)14-19-20(29)25-21(32-19)28-10-4-3-9-24-28/h5-6,13-14,17,24H,3-4,7-12H2,1-2H3/b19-14-. The molecule has 2 fully saturated rings. The molecule has 0 bridgehead atoms. The van der Waals surface area contributed by atoms with Crippen LogP contribution in [0.4, 0.5) is 9.18 Å². The molecule has 4 rings (SSSR count). The van der Waals surface area contributed by atoms with Crippen LogP contribution in [0.25, 0.3) is 6.08 Å². The quantitative estimate of drug-likeness (QED) is 0.694. The van der Waals surface area contributed by atoms with Crippen LogP contribution >= 0.6 is 11.8 Å². The fourth-order valence-corrected chi connectivity index (χ4v) is 4.86. The number of amidine groups is 1. The van der Waals surface area contributed by atoms with Crippen LogP contribution in [0, 0.1) is 5.82 Å². The van der Waals surface area contributed by atoms with Gasteiger partial charge in [0.25, 0.3) is 5.91 Å². The van der Waals surface area contributed by atoms with E-state index in [0.717, 1.165) is 38.8 Å². The molecule has 1 N–H and O–H groups in total. The summed E-state index contributed by atoms with van der Waals surface area (Å²) >= 11 is 1.23. The van der Waals surface area contributed by atoms with Crippen LogP contribution in [0.1, 0.15) is 31.2 Å². The molecule has 10 heteroatoms. The Morgan fingerprint density at radius 1 is 1.28 bits per heavy atom. The highest BCUT2D eigenvalue weighted by molar-refractivity contribution is 8.18. The first-order chi connectivity index (χ1) is 15.4. The van der Waals surface area contributed by atoms with Gasteiger partial charge in [-0.05, 0) is 75.8 Å². The van der Waals surface area contributed by atoms with E-state index in [4.69, 9.17) is 4.74 Å². The highest BCUT2D eigenvalue weighted by Crippen LogP contribution is 2.33. The van der Waals surface area contributed by atoms with E-state index in [1.165, 1.54) is 36.0 Å². The van der Waals surface area contributed by atoms with Crippen LogP contribution in [-0.4, -0.2) is 78.3 Å². The number of halogens is 1. The molecular weight excluding hydrogens is 433 g/mol. The number of thioether (sulfide) groups is 1. The van der Waals surface area contributed by atoms with Crippen molar-refractivity contribution in [1.29, 1.82) is 0 Å². The number of nitrogens with one attached hydrogen (secondary N) is 1. The Morgan fingerprint density at radius 2 is 2.06 bits per heavy atom. The molecule has 172 valence electrons. The van der Waals surface area contributed by atoms with Crippen molar-refractivity contribution in [2.45, 2.75) is 31.7 Å². The van der Waals surface area contributed by atoms with Crippen molar-refractivity contribution in [2.24, 2.45) is 4.99 Å². The fourth-order valence-electron chi connectivity index (χ4n) is 3.95. The minimum Gasteiger partial charge on any atom is -0.410 e. The zero-order valence-corrected chi connectivity index (χ0v) is 19.2. The van der Waals surface area contributed by atoms with Gasteiger partial charge in [-0.15, -0.1) is 0 Å². The average Bonchev–Trinajstić information content (AvgIpc) is 3.16. The second-order valence-corrected chi connectivity index (χ2v) is 9.32. The number of likely N-dealkylation sites (tertiary alicyclic amines) is 1. The van der Waals surface area contributed by atoms with Crippen molar-refractivity contribution in [3.8, 4) is 5.75 Å². The maximum Gasteiger partial charge on any atom is 0.415 e. The maximum atomic E-state index is 14.0. The van der Waals surface area contributed by atoms with Crippen LogP contribution in [0.2, 0.25) is 0 Å². The van der Waals surface area contributed by atoms with Crippen molar-refractivity contribution >= 4 is 35.0 Å². The second kappa shape index (κ2) is 10.0. The van der Waals surface area contributed by atoms with Crippen LogP contribution < -0.4 is 10.2 Å². The molecule has 0 atom stereocenters. The smallest absolute Gasteiger partial charge is 0.410 e. The molecule has 0 spiro atoms. The number of hydrogen-bond acceptors (Lipinski definition) is 7. The number of hydrogen-bond donors (Lipinski definition) is 1. The molecule has 0 saturated carbocycles. The summed E-state index contributed by atoms with van der Waals surface area (Å²) in [5, 5.41) is 2.45. The Bertz CT molecular complexity index is 937. The summed E-state index contributed by atoms with van der Waals surface area (Å²) in [6, 6.07) is 4.37. The van der Waals surface area contributed by atoms with Crippen LogP contribution in [-0.2, 0) is 4.79 Å². The normalized spacial score (nSPS) is 21.4. The maximum absolute atomic E-state index is 14.0. The topological polar surface area (TPSA) is 77.5 Å². The van der Waals surface area contributed by atoms with E-state index in [1.807, 2.05) is 19.1 Å². The third-order valence-electron chi connectivity index (χ3n) is 5.86. The molecule has 1 aromatic carbocycles. The molecule has 3 aliphatic rings. The van der Waals surface area contributed by atoms with E-state index < -0.39 is 11.9 Å². The van der Waals surface area contributed by atoms with E-state index in [9.17, 15) is 14.0 Å². The number of benzene rings is 1. The zero-order valence-electron chi connectivity index (χ0n) is 18.3. The fraction of sp³-hybridized carbons (Fsp3) is 0.500. The average molecular weight is 462 g/mol. The Labute approximate surface area is 191 Å². The summed E-state index contributed by atoms with van der Waals surface area (Å²) in [6.07, 6.45) is 4.92. The molecule has 8 nitrogen and oxygen atoms in total. The lowest BCUT2D eigenvalue weighted by Crippen LogP contribution is -2.45. The molecule has 0 aliphatic carbocycles. The minimum absolute atomic E-state index is 0.219. The molecular formula is C22H28FN5O3S. The number of carbonyl (C=O) groups excluding carboxylic acids is 2. The lowest BCUT2D eigenvalue weighted by molar-refractivity contribution is -0.113. The number of amides is 2. The number of rotatable bonds is 3. The highest BCUT2D eigenvalue weighted by Gasteiger charge is 2.28. The first kappa shape index (κ1) is 22.8. The largest absolute Gasteiger partial charge is 0.415 e. The van der Waals surface area contributed by atoms with Gasteiger partial charge >= 0.3 is 6.09 Å². The Balaban J connectivity index is 1.46. The summed E-state index contributed by atoms with van der Waals surface area (Å²) in [4.78, 5) is 33.5. The molecule has 1 aromatic rings. The van der Waals surface area contributed by atoms with Gasteiger partial charge in [0, 0.05) is 37.8 Å². The van der Waals surface area contributed by atoms with Crippen molar-refractivity contribution < 1.29 is 18.7 Å². The van der Waals surface area contributed by atoms with Crippen LogP contribution in [0.15, 0.2) is 28.1 Å². The Kier molecular flexibility index (Phi) is 7.12. The van der Waals surface area contributed by atoms with Gasteiger partial charge in [-0.3, -0.25) is 9.80 Å². The number of piperidine rings is 1. The first-order valence-electron chi connectivity index (χ1n) is 10.9. The summed E-state index contributed by atoms with van der Waals surface area (Å²) in [5.41, 5.74) is 3.56. The zero-order chi connectivity index (χ0) is 22.7. The second-order valence-electron chi connectivity index (χ2n) is 8.31. The van der Waals surface area contributed by atoms with Crippen LogP contribution in [0.5, 0.6) is 5.75 Å². The molecule has 2 saturated heterocycles. The van der Waals surface area contributed by atoms with Crippen molar-refractivity contribution in [3.05, 3.63) is 34.5 Å².